The zero-order valence-electron chi connectivity index (χ0n) is 11.4. The van der Waals surface area contributed by atoms with E-state index >= 15 is 0 Å². The van der Waals surface area contributed by atoms with Gasteiger partial charge in [0.05, 0.1) is 17.8 Å². The van der Waals surface area contributed by atoms with E-state index in [1.165, 1.54) is 0 Å². The van der Waals surface area contributed by atoms with Crippen LogP contribution in [-0.2, 0) is 4.79 Å². The lowest BCUT2D eigenvalue weighted by Crippen LogP contribution is -2.27. The number of fused-ring (bicyclic) bond motifs is 1. The van der Waals surface area contributed by atoms with Crippen molar-refractivity contribution in [1.82, 2.24) is 4.98 Å². The van der Waals surface area contributed by atoms with Gasteiger partial charge < -0.3 is 10.6 Å². The molecule has 1 atom stereocenters. The van der Waals surface area contributed by atoms with E-state index in [2.05, 4.69) is 15.6 Å². The molecular weight excluding hydrogens is 250 g/mol. The molecule has 2 aromatic rings. The van der Waals surface area contributed by atoms with Gasteiger partial charge in [0.1, 0.15) is 0 Å². The second-order valence-electron chi connectivity index (χ2n) is 5.03. The summed E-state index contributed by atoms with van der Waals surface area (Å²) in [6, 6.07) is 11.8. The molecule has 0 saturated heterocycles. The molecule has 1 amide bonds. The van der Waals surface area contributed by atoms with Crippen LogP contribution in [0, 0.1) is 6.92 Å². The summed E-state index contributed by atoms with van der Waals surface area (Å²) in [6.07, 6.45) is 2.50. The third-order valence-corrected chi connectivity index (χ3v) is 3.58. The molecule has 4 nitrogen and oxygen atoms in total. The van der Waals surface area contributed by atoms with Crippen molar-refractivity contribution in [2.24, 2.45) is 0 Å². The Morgan fingerprint density at radius 1 is 1.30 bits per heavy atom. The fraction of sp³-hybridized carbons (Fsp3) is 0.250. The van der Waals surface area contributed by atoms with Crippen LogP contribution in [0.15, 0.2) is 42.6 Å². The Kier molecular flexibility index (Phi) is 3.37. The van der Waals surface area contributed by atoms with Gasteiger partial charge in [-0.3, -0.25) is 9.78 Å². The van der Waals surface area contributed by atoms with Gasteiger partial charge in [-0.25, -0.2) is 0 Å². The molecule has 1 aliphatic heterocycles. The predicted octanol–water partition coefficient (Wildman–Crippen LogP) is 2.93. The molecule has 0 fully saturated rings. The molecule has 1 aromatic carbocycles. The number of nitrogens with zero attached hydrogens (tertiary/aromatic N) is 1. The molecule has 0 spiro atoms. The monoisotopic (exact) mass is 267 g/mol. The zero-order valence-corrected chi connectivity index (χ0v) is 11.4. The van der Waals surface area contributed by atoms with Crippen LogP contribution in [-0.4, -0.2) is 17.4 Å². The highest BCUT2D eigenvalue weighted by atomic mass is 16.1. The molecule has 20 heavy (non-hydrogen) atoms. The molecule has 3 rings (SSSR count). The van der Waals surface area contributed by atoms with Gasteiger partial charge in [-0.15, -0.1) is 0 Å². The Bertz CT molecular complexity index is 622. The number of hydrogen-bond donors (Lipinski definition) is 2. The number of aryl methyl sites for hydroxylation is 1. The Balaban J connectivity index is 1.80. The highest BCUT2D eigenvalue weighted by molar-refractivity contribution is 5.97. The van der Waals surface area contributed by atoms with Crippen molar-refractivity contribution in [3.63, 3.8) is 0 Å². The number of pyridine rings is 1. The average Bonchev–Trinajstić information content (AvgIpc) is 2.49. The van der Waals surface area contributed by atoms with Gasteiger partial charge in [-0.05, 0) is 37.1 Å². The first-order chi connectivity index (χ1) is 9.74. The second kappa shape index (κ2) is 5.33. The number of hydrogen-bond acceptors (Lipinski definition) is 3. The summed E-state index contributed by atoms with van der Waals surface area (Å²) in [5.74, 6) is -0.0710. The molecule has 2 N–H and O–H groups in total. The van der Waals surface area contributed by atoms with E-state index in [1.54, 1.807) is 6.20 Å². The average molecular weight is 267 g/mol. The predicted molar refractivity (Wildman–Crippen MR) is 79.9 cm³/mol. The molecule has 0 aliphatic carbocycles. The summed E-state index contributed by atoms with van der Waals surface area (Å²) in [6.45, 7) is 2.75. The highest BCUT2D eigenvalue weighted by Gasteiger charge is 2.26. The SMILES string of the molecule is Cc1ccc(NC(=O)C2CCNc3ccccc32)cn1. The molecule has 102 valence electrons. The van der Waals surface area contributed by atoms with Crippen molar-refractivity contribution >= 4 is 17.3 Å². The topological polar surface area (TPSA) is 54.0 Å². The summed E-state index contributed by atoms with van der Waals surface area (Å²) in [7, 11) is 0. The number of para-hydroxylation sites is 1. The molecule has 1 aromatic heterocycles. The lowest BCUT2D eigenvalue weighted by atomic mass is 9.90. The van der Waals surface area contributed by atoms with Crippen LogP contribution in [0.1, 0.15) is 23.6 Å². The number of nitrogens with one attached hydrogen (secondary N) is 2. The zero-order chi connectivity index (χ0) is 13.9. The van der Waals surface area contributed by atoms with Gasteiger partial charge in [-0.2, -0.15) is 0 Å². The second-order valence-corrected chi connectivity index (χ2v) is 5.03. The minimum absolute atomic E-state index is 0.0320. The Morgan fingerprint density at radius 3 is 2.95 bits per heavy atom. The number of anilines is 2. The van der Waals surface area contributed by atoms with Gasteiger partial charge in [0.15, 0.2) is 0 Å². The summed E-state index contributed by atoms with van der Waals surface area (Å²) in [5.41, 5.74) is 3.81. The van der Waals surface area contributed by atoms with Crippen molar-refractivity contribution in [3.8, 4) is 0 Å². The smallest absolute Gasteiger partial charge is 0.232 e. The van der Waals surface area contributed by atoms with E-state index in [0.717, 1.165) is 35.6 Å². The first kappa shape index (κ1) is 12.7. The van der Waals surface area contributed by atoms with Gasteiger partial charge in [0.25, 0.3) is 0 Å². The lowest BCUT2D eigenvalue weighted by molar-refractivity contribution is -0.117. The maximum Gasteiger partial charge on any atom is 0.232 e. The minimum atomic E-state index is -0.103. The van der Waals surface area contributed by atoms with E-state index in [0.29, 0.717) is 0 Å². The van der Waals surface area contributed by atoms with Crippen molar-refractivity contribution < 1.29 is 4.79 Å². The molecule has 2 heterocycles. The summed E-state index contributed by atoms with van der Waals surface area (Å²) in [4.78, 5) is 16.6. The van der Waals surface area contributed by atoms with Crippen molar-refractivity contribution in [1.29, 1.82) is 0 Å². The number of carbonyl (C=O) groups excluding carboxylic acids is 1. The number of benzene rings is 1. The normalized spacial score (nSPS) is 16.9. The van der Waals surface area contributed by atoms with Crippen molar-refractivity contribution in [3.05, 3.63) is 53.9 Å². The van der Waals surface area contributed by atoms with Crippen LogP contribution >= 0.6 is 0 Å². The fourth-order valence-electron chi connectivity index (χ4n) is 2.51. The van der Waals surface area contributed by atoms with E-state index < -0.39 is 0 Å². The van der Waals surface area contributed by atoms with Crippen LogP contribution in [0.3, 0.4) is 0 Å². The standard InChI is InChI=1S/C16H17N3O/c1-11-6-7-12(10-18-11)19-16(20)14-8-9-17-15-5-3-2-4-13(14)15/h2-7,10,14,17H,8-9H2,1H3,(H,19,20). The number of amides is 1. The van der Waals surface area contributed by atoms with Gasteiger partial charge in [-0.1, -0.05) is 18.2 Å². The van der Waals surface area contributed by atoms with Crippen LogP contribution < -0.4 is 10.6 Å². The molecular formula is C16H17N3O. The quantitative estimate of drug-likeness (QED) is 0.879. The van der Waals surface area contributed by atoms with E-state index in [9.17, 15) is 4.79 Å². The summed E-state index contributed by atoms with van der Waals surface area (Å²) >= 11 is 0. The van der Waals surface area contributed by atoms with Crippen molar-refractivity contribution in [2.75, 3.05) is 17.2 Å². The van der Waals surface area contributed by atoms with E-state index in [-0.39, 0.29) is 11.8 Å². The molecule has 4 heteroatoms. The Labute approximate surface area is 118 Å². The van der Waals surface area contributed by atoms with Crippen LogP contribution in [0.5, 0.6) is 0 Å². The molecule has 0 saturated carbocycles. The van der Waals surface area contributed by atoms with Gasteiger partial charge in [0, 0.05) is 17.9 Å². The maximum absolute atomic E-state index is 12.4. The largest absolute Gasteiger partial charge is 0.385 e. The first-order valence-electron chi connectivity index (χ1n) is 6.80. The lowest BCUT2D eigenvalue weighted by Gasteiger charge is -2.25. The minimum Gasteiger partial charge on any atom is -0.385 e. The fourth-order valence-corrected chi connectivity index (χ4v) is 2.51. The molecule has 0 radical (unpaired) electrons. The molecule has 0 bridgehead atoms. The Hall–Kier alpha value is -2.36. The summed E-state index contributed by atoms with van der Waals surface area (Å²) in [5, 5.41) is 6.28. The van der Waals surface area contributed by atoms with Crippen LogP contribution in [0.25, 0.3) is 0 Å². The van der Waals surface area contributed by atoms with E-state index in [4.69, 9.17) is 0 Å². The van der Waals surface area contributed by atoms with E-state index in [1.807, 2.05) is 43.3 Å². The highest BCUT2D eigenvalue weighted by Crippen LogP contribution is 2.32. The molecule has 1 unspecified atom stereocenters. The van der Waals surface area contributed by atoms with Crippen LogP contribution in [0.4, 0.5) is 11.4 Å². The molecule has 1 aliphatic rings. The van der Waals surface area contributed by atoms with Crippen LogP contribution in [0.2, 0.25) is 0 Å². The number of rotatable bonds is 2. The third kappa shape index (κ3) is 2.50. The number of aromatic nitrogens is 1. The maximum atomic E-state index is 12.4. The third-order valence-electron chi connectivity index (χ3n) is 3.58. The summed E-state index contributed by atoms with van der Waals surface area (Å²) < 4.78 is 0. The first-order valence-corrected chi connectivity index (χ1v) is 6.80. The van der Waals surface area contributed by atoms with Crippen molar-refractivity contribution in [2.45, 2.75) is 19.3 Å². The number of carbonyl (C=O) groups is 1. The Morgan fingerprint density at radius 2 is 2.15 bits per heavy atom. The van der Waals surface area contributed by atoms with Gasteiger partial charge >= 0.3 is 0 Å². The van der Waals surface area contributed by atoms with Gasteiger partial charge in [0.2, 0.25) is 5.91 Å².